The Labute approximate surface area is 92.7 Å². The highest BCUT2D eigenvalue weighted by atomic mass is 16.4. The number of carbonyl (C=O) groups is 1. The number of aromatic amines is 1. The maximum absolute atomic E-state index is 11.0. The Morgan fingerprint density at radius 1 is 1.62 bits per heavy atom. The molecule has 1 aromatic heterocycles. The normalized spacial score (nSPS) is 11.1. The van der Waals surface area contributed by atoms with Crippen LogP contribution >= 0.6 is 0 Å². The van der Waals surface area contributed by atoms with Gasteiger partial charge in [-0.2, -0.15) is 0 Å². The van der Waals surface area contributed by atoms with Crippen LogP contribution in [0.25, 0.3) is 0 Å². The van der Waals surface area contributed by atoms with Gasteiger partial charge < -0.3 is 15.4 Å². The van der Waals surface area contributed by atoms with Crippen LogP contribution < -0.4 is 10.9 Å². The number of hydrogen-bond acceptors (Lipinski definition) is 4. The molecule has 0 radical (unpaired) electrons. The molecule has 0 bridgehead atoms. The second-order valence-electron chi connectivity index (χ2n) is 4.20. The van der Waals surface area contributed by atoms with E-state index < -0.39 is 11.5 Å². The zero-order valence-electron chi connectivity index (χ0n) is 9.28. The molecule has 0 fully saturated rings. The Kier molecular flexibility index (Phi) is 3.65. The third kappa shape index (κ3) is 4.12. The number of carboxylic acids is 1. The summed E-state index contributed by atoms with van der Waals surface area (Å²) in [6.07, 6.45) is 1.83. The lowest BCUT2D eigenvalue weighted by molar-refractivity contribution is -0.137. The van der Waals surface area contributed by atoms with E-state index in [2.05, 4.69) is 15.3 Å². The summed E-state index contributed by atoms with van der Waals surface area (Å²) in [7, 11) is 0. The van der Waals surface area contributed by atoms with Crippen LogP contribution in [0.4, 0.5) is 5.82 Å². The molecule has 88 valence electrons. The third-order valence-electron chi connectivity index (χ3n) is 2.11. The molecule has 6 nitrogen and oxygen atoms in total. The number of carboxylic acid groups (broad SMARTS) is 1. The molecule has 0 unspecified atom stereocenters. The van der Waals surface area contributed by atoms with Gasteiger partial charge in [0.2, 0.25) is 0 Å². The first-order valence-corrected chi connectivity index (χ1v) is 4.94. The minimum atomic E-state index is -0.839. The van der Waals surface area contributed by atoms with Crippen molar-refractivity contribution in [2.45, 2.75) is 32.2 Å². The summed E-state index contributed by atoms with van der Waals surface area (Å²) < 4.78 is 0. The summed E-state index contributed by atoms with van der Waals surface area (Å²) >= 11 is 0. The largest absolute Gasteiger partial charge is 0.481 e. The standard InChI is InChI=1S/C10H15N3O3/c1-10(2,4-3-9(15)16)13-7-5-8(14)12-6-11-7/h5-6H,3-4H2,1-2H3,(H,15,16)(H2,11,12,13,14). The third-order valence-corrected chi connectivity index (χ3v) is 2.11. The van der Waals surface area contributed by atoms with Crippen LogP contribution in [-0.2, 0) is 4.79 Å². The van der Waals surface area contributed by atoms with E-state index in [0.29, 0.717) is 12.2 Å². The molecule has 0 saturated carbocycles. The maximum atomic E-state index is 11.0. The number of hydrogen-bond donors (Lipinski definition) is 3. The summed E-state index contributed by atoms with van der Waals surface area (Å²) in [6, 6.07) is 1.34. The Morgan fingerprint density at radius 2 is 2.31 bits per heavy atom. The van der Waals surface area contributed by atoms with Crippen LogP contribution in [-0.4, -0.2) is 26.6 Å². The molecular weight excluding hydrogens is 210 g/mol. The van der Waals surface area contributed by atoms with Crippen molar-refractivity contribution < 1.29 is 9.90 Å². The van der Waals surface area contributed by atoms with Crippen molar-refractivity contribution in [1.82, 2.24) is 9.97 Å². The first kappa shape index (κ1) is 12.2. The zero-order chi connectivity index (χ0) is 12.2. The van der Waals surface area contributed by atoms with Crippen molar-refractivity contribution in [2.75, 3.05) is 5.32 Å². The van der Waals surface area contributed by atoms with Crippen LogP contribution in [0.5, 0.6) is 0 Å². The molecule has 16 heavy (non-hydrogen) atoms. The fourth-order valence-corrected chi connectivity index (χ4v) is 1.27. The minimum absolute atomic E-state index is 0.0726. The van der Waals surface area contributed by atoms with E-state index in [1.807, 2.05) is 13.8 Å². The van der Waals surface area contributed by atoms with E-state index in [1.165, 1.54) is 12.4 Å². The summed E-state index contributed by atoms with van der Waals surface area (Å²) in [5.41, 5.74) is -0.661. The van der Waals surface area contributed by atoms with E-state index in [1.54, 1.807) is 0 Å². The van der Waals surface area contributed by atoms with Crippen molar-refractivity contribution in [3.63, 3.8) is 0 Å². The molecular formula is C10H15N3O3. The van der Waals surface area contributed by atoms with Gasteiger partial charge in [-0.25, -0.2) is 4.98 Å². The Bertz CT molecular complexity index is 425. The number of rotatable bonds is 5. The van der Waals surface area contributed by atoms with Crippen LogP contribution in [0.2, 0.25) is 0 Å². The maximum Gasteiger partial charge on any atom is 0.303 e. The molecule has 0 aliphatic rings. The number of H-pyrrole nitrogens is 1. The molecule has 0 aliphatic carbocycles. The quantitative estimate of drug-likeness (QED) is 0.689. The molecule has 3 N–H and O–H groups in total. The fourth-order valence-electron chi connectivity index (χ4n) is 1.27. The Hall–Kier alpha value is -1.85. The smallest absolute Gasteiger partial charge is 0.303 e. The SMILES string of the molecule is CC(C)(CCC(=O)O)Nc1cc(=O)[nH]cn1. The van der Waals surface area contributed by atoms with Gasteiger partial charge in [0.15, 0.2) is 0 Å². The van der Waals surface area contributed by atoms with Gasteiger partial charge in [0.05, 0.1) is 6.33 Å². The van der Waals surface area contributed by atoms with Gasteiger partial charge in [0.1, 0.15) is 5.82 Å². The molecule has 0 saturated heterocycles. The lowest BCUT2D eigenvalue weighted by Gasteiger charge is -2.25. The van der Waals surface area contributed by atoms with E-state index in [0.717, 1.165) is 0 Å². The second-order valence-corrected chi connectivity index (χ2v) is 4.20. The van der Waals surface area contributed by atoms with Crippen molar-refractivity contribution in [3.8, 4) is 0 Å². The highest BCUT2D eigenvalue weighted by Crippen LogP contribution is 2.16. The first-order chi connectivity index (χ1) is 7.39. The van der Waals surface area contributed by atoms with Gasteiger partial charge in [-0.1, -0.05) is 0 Å². The first-order valence-electron chi connectivity index (χ1n) is 4.94. The second kappa shape index (κ2) is 4.78. The van der Waals surface area contributed by atoms with Crippen LogP contribution in [0.15, 0.2) is 17.2 Å². The van der Waals surface area contributed by atoms with Gasteiger partial charge >= 0.3 is 5.97 Å². The van der Waals surface area contributed by atoms with Crippen LogP contribution in [0.3, 0.4) is 0 Å². The van der Waals surface area contributed by atoms with E-state index in [-0.39, 0.29) is 12.0 Å². The van der Waals surface area contributed by atoms with E-state index in [4.69, 9.17) is 5.11 Å². The van der Waals surface area contributed by atoms with Gasteiger partial charge in [0.25, 0.3) is 5.56 Å². The van der Waals surface area contributed by atoms with E-state index in [9.17, 15) is 9.59 Å². The summed E-state index contributed by atoms with van der Waals surface area (Å²) in [5, 5.41) is 11.6. The summed E-state index contributed by atoms with van der Waals surface area (Å²) in [4.78, 5) is 27.8. The summed E-state index contributed by atoms with van der Waals surface area (Å²) in [6.45, 7) is 3.72. The number of nitrogens with one attached hydrogen (secondary N) is 2. The molecule has 0 amide bonds. The predicted octanol–water partition coefficient (Wildman–Crippen LogP) is 0.825. The topological polar surface area (TPSA) is 95.1 Å². The lowest BCUT2D eigenvalue weighted by atomic mass is 9.98. The molecule has 0 aromatic carbocycles. The van der Waals surface area contributed by atoms with Crippen molar-refractivity contribution in [2.24, 2.45) is 0 Å². The Balaban J connectivity index is 2.64. The number of aliphatic carboxylic acids is 1. The van der Waals surface area contributed by atoms with E-state index >= 15 is 0 Å². The van der Waals surface area contributed by atoms with Crippen LogP contribution in [0.1, 0.15) is 26.7 Å². The van der Waals surface area contributed by atoms with Crippen LogP contribution in [0, 0.1) is 0 Å². The average Bonchev–Trinajstić information content (AvgIpc) is 2.14. The summed E-state index contributed by atoms with van der Waals surface area (Å²) in [5.74, 6) is -0.395. The molecule has 0 aliphatic heterocycles. The Morgan fingerprint density at radius 3 is 2.88 bits per heavy atom. The molecule has 1 heterocycles. The van der Waals surface area contributed by atoms with Gasteiger partial charge in [0, 0.05) is 18.0 Å². The minimum Gasteiger partial charge on any atom is -0.481 e. The zero-order valence-corrected chi connectivity index (χ0v) is 9.28. The number of aromatic nitrogens is 2. The van der Waals surface area contributed by atoms with Crippen molar-refractivity contribution in [3.05, 3.63) is 22.7 Å². The van der Waals surface area contributed by atoms with Gasteiger partial charge in [-0.05, 0) is 20.3 Å². The molecule has 6 heteroatoms. The lowest BCUT2D eigenvalue weighted by Crippen LogP contribution is -2.32. The molecule has 0 atom stereocenters. The van der Waals surface area contributed by atoms with Crippen molar-refractivity contribution in [1.29, 1.82) is 0 Å². The predicted molar refractivity (Wildman–Crippen MR) is 59.4 cm³/mol. The molecule has 1 aromatic rings. The number of nitrogens with zero attached hydrogens (tertiary/aromatic N) is 1. The highest BCUT2D eigenvalue weighted by Gasteiger charge is 2.19. The monoisotopic (exact) mass is 225 g/mol. The number of anilines is 1. The molecule has 1 rings (SSSR count). The van der Waals surface area contributed by atoms with Gasteiger partial charge in [-0.15, -0.1) is 0 Å². The van der Waals surface area contributed by atoms with Gasteiger partial charge in [-0.3, -0.25) is 9.59 Å². The van der Waals surface area contributed by atoms with Crippen molar-refractivity contribution >= 4 is 11.8 Å². The molecule has 0 spiro atoms. The average molecular weight is 225 g/mol. The fraction of sp³-hybridized carbons (Fsp3) is 0.500. The highest BCUT2D eigenvalue weighted by molar-refractivity contribution is 5.66.